The first kappa shape index (κ1) is 19.3. The molecule has 144 valence electrons. The Morgan fingerprint density at radius 2 is 1.75 bits per heavy atom. The Labute approximate surface area is 160 Å². The quantitative estimate of drug-likeness (QED) is 0.708. The van der Waals surface area contributed by atoms with Crippen molar-refractivity contribution in [2.75, 3.05) is 0 Å². The molecule has 1 amide bonds. The van der Waals surface area contributed by atoms with Crippen LogP contribution in [0, 0.1) is 12.7 Å². The lowest BCUT2D eigenvalue weighted by atomic mass is 10.1. The van der Waals surface area contributed by atoms with E-state index in [1.54, 1.807) is 12.1 Å². The Morgan fingerprint density at radius 3 is 2.46 bits per heavy atom. The number of halogens is 1. The number of carbonyl (C=O) groups excluding carboxylic acids is 1. The summed E-state index contributed by atoms with van der Waals surface area (Å²) in [5.41, 5.74) is 1.61. The molecule has 3 aromatic rings. The van der Waals surface area contributed by atoms with Crippen LogP contribution in [-0.4, -0.2) is 15.0 Å². The molecule has 6 nitrogen and oxygen atoms in total. The van der Waals surface area contributed by atoms with Gasteiger partial charge in [0.15, 0.2) is 0 Å². The van der Waals surface area contributed by atoms with Crippen LogP contribution in [0.2, 0.25) is 0 Å². The van der Waals surface area contributed by atoms with E-state index in [-0.39, 0.29) is 18.9 Å². The fraction of sp³-hybridized carbons (Fsp3) is 0.190. The van der Waals surface area contributed by atoms with Crippen molar-refractivity contribution in [1.29, 1.82) is 0 Å². The summed E-state index contributed by atoms with van der Waals surface area (Å²) >= 11 is 0. The summed E-state index contributed by atoms with van der Waals surface area (Å²) in [4.78, 5) is 36.9. The van der Waals surface area contributed by atoms with E-state index in [2.05, 4.69) is 5.32 Å². The van der Waals surface area contributed by atoms with Crippen molar-refractivity contribution in [2.24, 2.45) is 0 Å². The highest BCUT2D eigenvalue weighted by molar-refractivity contribution is 5.75. The molecule has 1 aromatic heterocycles. The van der Waals surface area contributed by atoms with Gasteiger partial charge in [0.25, 0.3) is 5.56 Å². The van der Waals surface area contributed by atoms with Gasteiger partial charge in [-0.25, -0.2) is 9.18 Å². The molecular weight excluding hydrogens is 361 g/mol. The number of rotatable bonds is 6. The number of amides is 1. The lowest BCUT2D eigenvalue weighted by Crippen LogP contribution is -2.43. The predicted octanol–water partition coefficient (Wildman–Crippen LogP) is 1.82. The fourth-order valence-electron chi connectivity index (χ4n) is 2.80. The summed E-state index contributed by atoms with van der Waals surface area (Å²) in [7, 11) is 0. The van der Waals surface area contributed by atoms with E-state index in [4.69, 9.17) is 0 Å². The van der Waals surface area contributed by atoms with Crippen LogP contribution in [0.5, 0.6) is 0 Å². The molecule has 0 spiro atoms. The molecule has 28 heavy (non-hydrogen) atoms. The molecule has 3 rings (SSSR count). The molecule has 2 aromatic carbocycles. The number of nitrogens with zero attached hydrogens (tertiary/aromatic N) is 2. The average Bonchev–Trinajstić information content (AvgIpc) is 2.68. The predicted molar refractivity (Wildman–Crippen MR) is 103 cm³/mol. The van der Waals surface area contributed by atoms with Crippen LogP contribution < -0.4 is 16.6 Å². The minimum atomic E-state index is -0.548. The van der Waals surface area contributed by atoms with Gasteiger partial charge in [-0.3, -0.25) is 18.7 Å². The number of benzene rings is 2. The van der Waals surface area contributed by atoms with E-state index in [1.807, 2.05) is 31.2 Å². The van der Waals surface area contributed by atoms with Crippen molar-refractivity contribution < 1.29 is 9.18 Å². The fourth-order valence-corrected chi connectivity index (χ4v) is 2.80. The highest BCUT2D eigenvalue weighted by Gasteiger charge is 2.11. The topological polar surface area (TPSA) is 73.1 Å². The lowest BCUT2D eigenvalue weighted by Gasteiger charge is -2.11. The summed E-state index contributed by atoms with van der Waals surface area (Å²) in [6.45, 7) is 2.05. The van der Waals surface area contributed by atoms with Crippen LogP contribution in [0.4, 0.5) is 4.39 Å². The third kappa shape index (κ3) is 4.62. The second-order valence-corrected chi connectivity index (χ2v) is 6.48. The van der Waals surface area contributed by atoms with Gasteiger partial charge in [-0.2, -0.15) is 0 Å². The summed E-state index contributed by atoms with van der Waals surface area (Å²) < 4.78 is 15.2. The van der Waals surface area contributed by atoms with Gasteiger partial charge in [0.1, 0.15) is 12.4 Å². The van der Waals surface area contributed by atoms with Crippen molar-refractivity contribution in [3.05, 3.63) is 104 Å². The SMILES string of the molecule is Cc1ccccc1Cn1ccc(=O)n(CC(=O)NCc2ccc(F)cc2)c1=O. The molecular formula is C21H20FN3O3. The van der Waals surface area contributed by atoms with Crippen LogP contribution in [0.3, 0.4) is 0 Å². The minimum absolute atomic E-state index is 0.179. The van der Waals surface area contributed by atoms with Crippen molar-refractivity contribution >= 4 is 5.91 Å². The highest BCUT2D eigenvalue weighted by atomic mass is 19.1. The van der Waals surface area contributed by atoms with Gasteiger partial charge in [-0.05, 0) is 35.7 Å². The zero-order valence-corrected chi connectivity index (χ0v) is 15.4. The maximum atomic E-state index is 12.9. The minimum Gasteiger partial charge on any atom is -0.350 e. The highest BCUT2D eigenvalue weighted by Crippen LogP contribution is 2.07. The number of nitrogens with one attached hydrogen (secondary N) is 1. The molecule has 0 fully saturated rings. The third-order valence-electron chi connectivity index (χ3n) is 4.45. The molecule has 0 aliphatic rings. The van der Waals surface area contributed by atoms with Gasteiger partial charge >= 0.3 is 5.69 Å². The largest absolute Gasteiger partial charge is 0.350 e. The Kier molecular flexibility index (Phi) is 5.84. The van der Waals surface area contributed by atoms with E-state index < -0.39 is 17.2 Å². The number of carbonyl (C=O) groups is 1. The molecule has 0 radical (unpaired) electrons. The number of hydrogen-bond donors (Lipinski definition) is 1. The Morgan fingerprint density at radius 1 is 1.04 bits per heavy atom. The second kappa shape index (κ2) is 8.47. The van der Waals surface area contributed by atoms with E-state index in [0.29, 0.717) is 12.1 Å². The smallest absolute Gasteiger partial charge is 0.331 e. The summed E-state index contributed by atoms with van der Waals surface area (Å²) in [5, 5.41) is 2.63. The third-order valence-corrected chi connectivity index (χ3v) is 4.45. The molecule has 1 N–H and O–H groups in total. The van der Waals surface area contributed by atoms with Gasteiger partial charge in [-0.1, -0.05) is 36.4 Å². The number of hydrogen-bond acceptors (Lipinski definition) is 3. The van der Waals surface area contributed by atoms with Crippen LogP contribution >= 0.6 is 0 Å². The lowest BCUT2D eigenvalue weighted by molar-refractivity contribution is -0.121. The standard InChI is InChI=1S/C21H20FN3O3/c1-15-4-2-3-5-17(15)13-24-11-10-20(27)25(21(24)28)14-19(26)23-12-16-6-8-18(22)9-7-16/h2-11H,12-14H2,1H3,(H,23,26). The first-order valence-corrected chi connectivity index (χ1v) is 8.80. The van der Waals surface area contributed by atoms with Crippen molar-refractivity contribution in [1.82, 2.24) is 14.5 Å². The molecule has 0 atom stereocenters. The number of aromatic nitrogens is 2. The van der Waals surface area contributed by atoms with Crippen LogP contribution in [0.1, 0.15) is 16.7 Å². The van der Waals surface area contributed by atoms with Gasteiger partial charge in [0, 0.05) is 18.8 Å². The normalized spacial score (nSPS) is 10.6. The molecule has 0 aliphatic carbocycles. The number of aryl methyl sites for hydroxylation is 1. The van der Waals surface area contributed by atoms with E-state index in [0.717, 1.165) is 15.7 Å². The Bertz CT molecular complexity index is 1100. The molecule has 0 aliphatic heterocycles. The van der Waals surface area contributed by atoms with E-state index >= 15 is 0 Å². The maximum Gasteiger partial charge on any atom is 0.331 e. The summed E-state index contributed by atoms with van der Waals surface area (Å²) in [6, 6.07) is 14.6. The van der Waals surface area contributed by atoms with Gasteiger partial charge < -0.3 is 5.32 Å². The molecule has 1 heterocycles. The Balaban J connectivity index is 1.73. The summed E-state index contributed by atoms with van der Waals surface area (Å²) in [6.07, 6.45) is 1.43. The molecule has 0 bridgehead atoms. The van der Waals surface area contributed by atoms with Crippen molar-refractivity contribution in [3.63, 3.8) is 0 Å². The van der Waals surface area contributed by atoms with Crippen LogP contribution in [0.15, 0.2) is 70.4 Å². The van der Waals surface area contributed by atoms with Crippen LogP contribution in [0.25, 0.3) is 0 Å². The molecule has 0 unspecified atom stereocenters. The average molecular weight is 381 g/mol. The zero-order chi connectivity index (χ0) is 20.1. The maximum absolute atomic E-state index is 12.9. The van der Waals surface area contributed by atoms with Gasteiger partial charge in [-0.15, -0.1) is 0 Å². The molecule has 7 heteroatoms. The van der Waals surface area contributed by atoms with Crippen LogP contribution in [-0.2, 0) is 24.4 Å². The molecule has 0 saturated carbocycles. The second-order valence-electron chi connectivity index (χ2n) is 6.48. The van der Waals surface area contributed by atoms with Gasteiger partial charge in [0.05, 0.1) is 6.54 Å². The van der Waals surface area contributed by atoms with E-state index in [9.17, 15) is 18.8 Å². The first-order chi connectivity index (χ1) is 13.4. The summed E-state index contributed by atoms with van der Waals surface area (Å²) in [5.74, 6) is -0.836. The first-order valence-electron chi connectivity index (χ1n) is 8.80. The van der Waals surface area contributed by atoms with E-state index in [1.165, 1.54) is 29.0 Å². The van der Waals surface area contributed by atoms with Crippen molar-refractivity contribution in [3.8, 4) is 0 Å². The zero-order valence-electron chi connectivity index (χ0n) is 15.4. The molecule has 0 saturated heterocycles. The van der Waals surface area contributed by atoms with Crippen molar-refractivity contribution in [2.45, 2.75) is 26.6 Å². The Hall–Kier alpha value is -3.48. The van der Waals surface area contributed by atoms with Gasteiger partial charge in [0.2, 0.25) is 5.91 Å². The monoisotopic (exact) mass is 381 g/mol.